The first-order chi connectivity index (χ1) is 16.1. The topological polar surface area (TPSA) is 90.9 Å². The zero-order valence-corrected chi connectivity index (χ0v) is 21.1. The summed E-state index contributed by atoms with van der Waals surface area (Å²) in [6, 6.07) is 4.52. The number of rotatable bonds is 5. The van der Waals surface area contributed by atoms with E-state index in [1.54, 1.807) is 18.9 Å². The number of ether oxygens (including phenoxy) is 1. The summed E-state index contributed by atoms with van der Waals surface area (Å²) >= 11 is 0. The monoisotopic (exact) mass is 483 g/mol. The molecule has 2 aliphatic rings. The van der Waals surface area contributed by atoms with Crippen LogP contribution in [0.2, 0.25) is 0 Å². The predicted octanol–water partition coefficient (Wildman–Crippen LogP) is 3.61. The molecule has 0 spiro atoms. The summed E-state index contributed by atoms with van der Waals surface area (Å²) in [6.07, 6.45) is -1.15. The summed E-state index contributed by atoms with van der Waals surface area (Å²) < 4.78 is 31.9. The summed E-state index contributed by atoms with van der Waals surface area (Å²) in [5.41, 5.74) is -0.361. The maximum atomic E-state index is 13.2. The highest BCUT2D eigenvalue weighted by molar-refractivity contribution is 5.95. The Labute approximate surface area is 201 Å². The lowest BCUT2D eigenvalue weighted by molar-refractivity contribution is -0.171. The average molecular weight is 484 g/mol. The van der Waals surface area contributed by atoms with Gasteiger partial charge in [-0.15, -0.1) is 0 Å². The van der Waals surface area contributed by atoms with E-state index in [0.29, 0.717) is 31.6 Å². The van der Waals surface area contributed by atoms with Gasteiger partial charge in [-0.2, -0.15) is 0 Å². The Morgan fingerprint density at radius 3 is 2.56 bits per heavy atom. The number of nitrogens with zero attached hydrogens (tertiary/aromatic N) is 1. The molecule has 1 saturated carbocycles. The van der Waals surface area contributed by atoms with Gasteiger partial charge in [-0.1, -0.05) is 19.9 Å². The molecule has 9 heteroatoms. The van der Waals surface area contributed by atoms with Crippen molar-refractivity contribution in [3.63, 3.8) is 0 Å². The fourth-order valence-corrected chi connectivity index (χ4v) is 5.74. The van der Waals surface area contributed by atoms with Gasteiger partial charge in [0.1, 0.15) is 5.75 Å². The molecule has 0 aromatic heterocycles. The van der Waals surface area contributed by atoms with Crippen molar-refractivity contribution in [1.29, 1.82) is 0 Å². The lowest BCUT2D eigenvalue weighted by atomic mass is 9.51. The molecular weight excluding hydrogens is 444 g/mol. The van der Waals surface area contributed by atoms with E-state index in [0.717, 1.165) is 11.1 Å². The first kappa shape index (κ1) is 28.0. The van der Waals surface area contributed by atoms with Crippen molar-refractivity contribution in [1.82, 2.24) is 15.5 Å². The molecule has 34 heavy (non-hydrogen) atoms. The summed E-state index contributed by atoms with van der Waals surface area (Å²) in [6.45, 7) is 7.69. The number of amides is 3. The SMILES string of the molecule is CC.CNC(=O)NC(=O)C1CCC2(O)C(C)N(CC(F)F)CCC2(c2cc(OC)ccc2C)C1. The fraction of sp³-hybridized carbons (Fsp3) is 0.680. The highest BCUT2D eigenvalue weighted by Crippen LogP contribution is 2.56. The van der Waals surface area contributed by atoms with Gasteiger partial charge in [-0.05, 0) is 69.3 Å². The number of carbonyl (C=O) groups excluding carboxylic acids is 2. The number of aryl methyl sites for hydroxylation is 1. The number of aliphatic hydroxyl groups is 1. The zero-order chi connectivity index (χ0) is 25.7. The number of nitrogens with one attached hydrogen (secondary N) is 2. The second-order valence-electron chi connectivity index (χ2n) is 9.01. The molecule has 1 aliphatic heterocycles. The molecule has 1 aromatic rings. The maximum Gasteiger partial charge on any atom is 0.321 e. The molecule has 2 fully saturated rings. The van der Waals surface area contributed by atoms with Gasteiger partial charge in [0.15, 0.2) is 0 Å². The van der Waals surface area contributed by atoms with E-state index in [1.807, 2.05) is 39.0 Å². The lowest BCUT2D eigenvalue weighted by Crippen LogP contribution is -2.70. The molecule has 4 unspecified atom stereocenters. The van der Waals surface area contributed by atoms with E-state index in [-0.39, 0.29) is 6.42 Å². The summed E-state index contributed by atoms with van der Waals surface area (Å²) in [4.78, 5) is 26.2. The Morgan fingerprint density at radius 1 is 1.29 bits per heavy atom. The van der Waals surface area contributed by atoms with Crippen LogP contribution >= 0.6 is 0 Å². The highest BCUT2D eigenvalue weighted by Gasteiger charge is 2.62. The quantitative estimate of drug-likeness (QED) is 0.595. The number of likely N-dealkylation sites (tertiary alicyclic amines) is 1. The van der Waals surface area contributed by atoms with Crippen molar-refractivity contribution in [2.75, 3.05) is 27.2 Å². The summed E-state index contributed by atoms with van der Waals surface area (Å²) in [5, 5.41) is 16.9. The van der Waals surface area contributed by atoms with Crippen LogP contribution in [-0.4, -0.2) is 67.3 Å². The van der Waals surface area contributed by atoms with Crippen molar-refractivity contribution >= 4 is 11.9 Å². The van der Waals surface area contributed by atoms with Gasteiger partial charge in [0.2, 0.25) is 5.91 Å². The van der Waals surface area contributed by atoms with Crippen LogP contribution in [0.25, 0.3) is 0 Å². The summed E-state index contributed by atoms with van der Waals surface area (Å²) in [7, 11) is 3.00. The van der Waals surface area contributed by atoms with Crippen molar-refractivity contribution in [2.45, 2.75) is 76.9 Å². The third-order valence-corrected chi connectivity index (χ3v) is 7.53. The number of fused-ring (bicyclic) bond motifs is 1. The molecule has 1 aromatic carbocycles. The van der Waals surface area contributed by atoms with E-state index < -0.39 is 47.9 Å². The van der Waals surface area contributed by atoms with E-state index in [1.165, 1.54) is 7.05 Å². The largest absolute Gasteiger partial charge is 0.497 e. The van der Waals surface area contributed by atoms with Crippen molar-refractivity contribution in [3.8, 4) is 5.75 Å². The van der Waals surface area contributed by atoms with Crippen LogP contribution in [0.5, 0.6) is 5.75 Å². The van der Waals surface area contributed by atoms with Gasteiger partial charge in [0.05, 0.1) is 19.3 Å². The first-order valence-electron chi connectivity index (χ1n) is 12.0. The van der Waals surface area contributed by atoms with Gasteiger partial charge < -0.3 is 15.2 Å². The number of methoxy groups -OCH3 is 1. The molecular formula is C25H39F2N3O4. The number of carbonyl (C=O) groups is 2. The van der Waals surface area contributed by atoms with Gasteiger partial charge in [-0.25, -0.2) is 13.6 Å². The zero-order valence-electron chi connectivity index (χ0n) is 21.1. The summed E-state index contributed by atoms with van der Waals surface area (Å²) in [5.74, 6) is -0.261. The number of alkyl halides is 2. The van der Waals surface area contributed by atoms with Crippen molar-refractivity contribution < 1.29 is 28.2 Å². The minimum absolute atomic E-state index is 0.260. The average Bonchev–Trinajstić information content (AvgIpc) is 2.82. The molecule has 1 saturated heterocycles. The number of hydrogen-bond acceptors (Lipinski definition) is 5. The van der Waals surface area contributed by atoms with Crippen LogP contribution in [0.1, 0.15) is 57.6 Å². The molecule has 3 rings (SSSR count). The minimum atomic E-state index is -2.50. The minimum Gasteiger partial charge on any atom is -0.497 e. The van der Waals surface area contributed by atoms with E-state index in [2.05, 4.69) is 10.6 Å². The van der Waals surface area contributed by atoms with Crippen LogP contribution in [-0.2, 0) is 10.2 Å². The Hall–Kier alpha value is -2.26. The Kier molecular flexibility index (Phi) is 9.42. The molecule has 4 atom stereocenters. The number of piperidine rings is 1. The first-order valence-corrected chi connectivity index (χ1v) is 12.0. The van der Waals surface area contributed by atoms with E-state index >= 15 is 0 Å². The number of urea groups is 1. The van der Waals surface area contributed by atoms with Gasteiger partial charge in [0.25, 0.3) is 6.43 Å². The Bertz CT molecular complexity index is 869. The third kappa shape index (κ3) is 5.20. The molecule has 7 nitrogen and oxygen atoms in total. The highest BCUT2D eigenvalue weighted by atomic mass is 19.3. The second kappa shape index (κ2) is 11.4. The molecule has 0 bridgehead atoms. The van der Waals surface area contributed by atoms with E-state index in [4.69, 9.17) is 4.74 Å². The molecule has 0 radical (unpaired) electrons. The Morgan fingerprint density at radius 2 is 1.97 bits per heavy atom. The lowest BCUT2D eigenvalue weighted by Gasteiger charge is -2.61. The second-order valence-corrected chi connectivity index (χ2v) is 9.01. The molecule has 192 valence electrons. The fourth-order valence-electron chi connectivity index (χ4n) is 5.74. The van der Waals surface area contributed by atoms with Crippen LogP contribution < -0.4 is 15.4 Å². The molecule has 1 aliphatic carbocycles. The predicted molar refractivity (Wildman–Crippen MR) is 127 cm³/mol. The third-order valence-electron chi connectivity index (χ3n) is 7.53. The van der Waals surface area contributed by atoms with Crippen LogP contribution in [0.4, 0.5) is 13.6 Å². The van der Waals surface area contributed by atoms with Crippen molar-refractivity contribution in [3.05, 3.63) is 29.3 Å². The number of imide groups is 1. The maximum absolute atomic E-state index is 13.2. The normalized spacial score (nSPS) is 28.9. The van der Waals surface area contributed by atoms with E-state index in [9.17, 15) is 23.5 Å². The molecule has 3 N–H and O–H groups in total. The van der Waals surface area contributed by atoms with Gasteiger partial charge in [0, 0.05) is 24.4 Å². The Balaban J connectivity index is 0.00000199. The van der Waals surface area contributed by atoms with Gasteiger partial charge >= 0.3 is 6.03 Å². The number of halogens is 2. The van der Waals surface area contributed by atoms with Crippen LogP contribution in [0, 0.1) is 12.8 Å². The van der Waals surface area contributed by atoms with Crippen LogP contribution in [0.3, 0.4) is 0 Å². The number of benzene rings is 1. The number of hydrogen-bond donors (Lipinski definition) is 3. The smallest absolute Gasteiger partial charge is 0.321 e. The standard InChI is InChI=1S/C23H33F2N3O4.C2H6/c1-14-5-6-17(32-4)11-18(14)22-9-10-28(13-19(24)25)15(2)23(22,31)8-7-16(12-22)20(29)27-21(30)26-3;1-2/h5-6,11,15-16,19,31H,7-10,12-13H2,1-4H3,(H2,26,27,29,30);1-2H3. The molecule has 3 amide bonds. The molecule has 1 heterocycles. The van der Waals surface area contributed by atoms with Gasteiger partial charge in [-0.3, -0.25) is 15.0 Å². The van der Waals surface area contributed by atoms with Crippen LogP contribution in [0.15, 0.2) is 18.2 Å². The van der Waals surface area contributed by atoms with Crippen molar-refractivity contribution in [2.24, 2.45) is 5.92 Å².